The lowest BCUT2D eigenvalue weighted by Crippen LogP contribution is -2.66. The van der Waals surface area contributed by atoms with Gasteiger partial charge in [-0.2, -0.15) is 0 Å². The van der Waals surface area contributed by atoms with Crippen LogP contribution in [-0.4, -0.2) is 193 Å². The van der Waals surface area contributed by atoms with Gasteiger partial charge in [0.25, 0.3) is 0 Å². The fourth-order valence-electron chi connectivity index (χ4n) is 11.8. The highest BCUT2D eigenvalue weighted by Gasteiger charge is 2.53. The van der Waals surface area contributed by atoms with Crippen LogP contribution in [0.15, 0.2) is 12.2 Å². The van der Waals surface area contributed by atoms with E-state index in [2.05, 4.69) is 31.3 Å². The molecule has 19 nitrogen and oxygen atoms in total. The molecule has 3 aliphatic rings. The molecule has 3 fully saturated rings. The highest BCUT2D eigenvalue weighted by molar-refractivity contribution is 5.76. The summed E-state index contributed by atoms with van der Waals surface area (Å²) in [6.07, 6.45) is 24.2. The molecule has 84 heavy (non-hydrogen) atoms. The number of hydrogen-bond donors (Lipinski definition) is 12. The molecule has 0 saturated carbocycles. The summed E-state index contributed by atoms with van der Waals surface area (Å²) in [5.74, 6) is -0.241. The maximum Gasteiger partial charge on any atom is 0.220 e. The van der Waals surface area contributed by atoms with E-state index in [9.17, 15) is 61.0 Å². The summed E-state index contributed by atoms with van der Waals surface area (Å²) in [4.78, 5) is 13.4. The van der Waals surface area contributed by atoms with E-state index in [1.165, 1.54) is 180 Å². The lowest BCUT2D eigenvalue weighted by Gasteiger charge is -2.48. The molecule has 3 rings (SSSR count). The Morgan fingerprint density at radius 1 is 0.417 bits per heavy atom. The topological polar surface area (TPSA) is 307 Å². The summed E-state index contributed by atoms with van der Waals surface area (Å²) < 4.78 is 34.4. The van der Waals surface area contributed by atoms with E-state index in [0.29, 0.717) is 12.8 Å². The third kappa shape index (κ3) is 30.8. The predicted octanol–water partition coefficient (Wildman–Crippen LogP) is 8.11. The maximum absolute atomic E-state index is 13.4. The number of unbranched alkanes of at least 4 members (excludes halogenated alkanes) is 34. The molecule has 0 aliphatic carbocycles. The smallest absolute Gasteiger partial charge is 0.220 e. The van der Waals surface area contributed by atoms with Crippen molar-refractivity contribution in [2.24, 2.45) is 0 Å². The molecule has 0 aromatic rings. The van der Waals surface area contributed by atoms with Crippen LogP contribution in [0.4, 0.5) is 0 Å². The average Bonchev–Trinajstić information content (AvgIpc) is 2.76. The Hall–Kier alpha value is -1.47. The van der Waals surface area contributed by atoms with E-state index in [1.54, 1.807) is 0 Å². The van der Waals surface area contributed by atoms with Crippen LogP contribution in [0.5, 0.6) is 0 Å². The summed E-state index contributed by atoms with van der Waals surface area (Å²) >= 11 is 0. The number of ether oxygens (including phenoxy) is 6. The third-order valence-corrected chi connectivity index (χ3v) is 17.3. The van der Waals surface area contributed by atoms with Crippen molar-refractivity contribution in [3.63, 3.8) is 0 Å². The van der Waals surface area contributed by atoms with Gasteiger partial charge in [0.05, 0.1) is 38.6 Å². The second-order valence-electron chi connectivity index (χ2n) is 24.6. The lowest BCUT2D eigenvalue weighted by molar-refractivity contribution is -0.379. The molecule has 3 aliphatic heterocycles. The Kier molecular flexibility index (Phi) is 44.2. The van der Waals surface area contributed by atoms with E-state index in [0.717, 1.165) is 51.4 Å². The van der Waals surface area contributed by atoms with Gasteiger partial charge in [-0.3, -0.25) is 4.79 Å². The maximum atomic E-state index is 13.4. The van der Waals surface area contributed by atoms with Crippen LogP contribution in [0.25, 0.3) is 0 Å². The van der Waals surface area contributed by atoms with Crippen molar-refractivity contribution in [3.8, 4) is 0 Å². The Labute approximate surface area is 506 Å². The fourth-order valence-corrected chi connectivity index (χ4v) is 11.8. The first-order valence-corrected chi connectivity index (χ1v) is 33.9. The van der Waals surface area contributed by atoms with Crippen molar-refractivity contribution in [1.82, 2.24) is 5.32 Å². The number of allylic oxidation sites excluding steroid dienone is 2. The molecular weight excluding hydrogens is 1080 g/mol. The quantitative estimate of drug-likeness (QED) is 0.0202. The number of amides is 1. The minimum atomic E-state index is -1.97. The van der Waals surface area contributed by atoms with Gasteiger partial charge in [-0.25, -0.2) is 0 Å². The summed E-state index contributed by atoms with van der Waals surface area (Å²) in [7, 11) is 0. The standard InChI is InChI=1S/C65H123NO18/c1-3-5-7-9-11-13-15-17-19-21-23-24-25-27-29-31-33-35-37-39-41-43-53(71)66-48(49(70)42-40-38-36-34-32-30-28-26-22-20-18-16-14-12-10-8-6-4-2)47-79-63-59(77)56(74)61(51(45-68)81-63)84-65-60(78)57(75)62(52(46-69)82-65)83-64-58(76)55(73)54(72)50(44-67)80-64/h21,23,48-52,54-65,67-70,72-78H,3-20,22,24-47H2,1-2H3,(H,66,71)/b23-21-. The number of carbonyl (C=O) groups is 1. The molecule has 0 aromatic carbocycles. The molecule has 496 valence electrons. The van der Waals surface area contributed by atoms with Gasteiger partial charge >= 0.3 is 0 Å². The zero-order valence-corrected chi connectivity index (χ0v) is 52.2. The van der Waals surface area contributed by atoms with Crippen LogP contribution < -0.4 is 5.32 Å². The molecule has 3 heterocycles. The first-order valence-electron chi connectivity index (χ1n) is 33.9. The van der Waals surface area contributed by atoms with E-state index < -0.39 is 124 Å². The zero-order valence-electron chi connectivity index (χ0n) is 52.2. The number of nitrogens with one attached hydrogen (secondary N) is 1. The lowest BCUT2D eigenvalue weighted by atomic mass is 9.96. The third-order valence-electron chi connectivity index (χ3n) is 17.3. The van der Waals surface area contributed by atoms with Gasteiger partial charge in [0.2, 0.25) is 5.91 Å². The van der Waals surface area contributed by atoms with Gasteiger partial charge < -0.3 is 89.9 Å². The number of aliphatic hydroxyl groups excluding tert-OH is 11. The Morgan fingerprint density at radius 2 is 0.750 bits per heavy atom. The molecule has 3 saturated heterocycles. The highest BCUT2D eigenvalue weighted by Crippen LogP contribution is 2.33. The van der Waals surface area contributed by atoms with E-state index in [1.807, 2.05) is 0 Å². The molecular formula is C65H123NO18. The normalized spacial score (nSPS) is 29.2. The van der Waals surface area contributed by atoms with Crippen LogP contribution in [0, 0.1) is 0 Å². The van der Waals surface area contributed by atoms with Crippen molar-refractivity contribution in [3.05, 3.63) is 12.2 Å². The Morgan fingerprint density at radius 3 is 1.15 bits per heavy atom. The molecule has 19 heteroatoms. The zero-order chi connectivity index (χ0) is 61.2. The van der Waals surface area contributed by atoms with Gasteiger partial charge in [-0.05, 0) is 38.5 Å². The van der Waals surface area contributed by atoms with Crippen LogP contribution >= 0.6 is 0 Å². The van der Waals surface area contributed by atoms with Gasteiger partial charge in [-0.15, -0.1) is 0 Å². The highest BCUT2D eigenvalue weighted by atomic mass is 16.8. The molecule has 12 N–H and O–H groups in total. The molecule has 17 atom stereocenters. The van der Waals surface area contributed by atoms with Crippen molar-refractivity contribution in [1.29, 1.82) is 0 Å². The summed E-state index contributed by atoms with van der Waals surface area (Å²) in [6.45, 7) is 1.82. The minimum absolute atomic E-state index is 0.241. The summed E-state index contributed by atoms with van der Waals surface area (Å²) in [6, 6.07) is -0.885. The molecule has 0 spiro atoms. The first kappa shape index (κ1) is 76.8. The first-order chi connectivity index (χ1) is 40.8. The average molecular weight is 1210 g/mol. The molecule has 0 aromatic heterocycles. The molecule has 1 amide bonds. The fraction of sp³-hybridized carbons (Fsp3) is 0.954. The molecule has 0 bridgehead atoms. The molecule has 0 radical (unpaired) electrons. The van der Waals surface area contributed by atoms with E-state index in [-0.39, 0.29) is 18.9 Å². The number of carbonyl (C=O) groups excluding carboxylic acids is 1. The largest absolute Gasteiger partial charge is 0.394 e. The number of hydrogen-bond acceptors (Lipinski definition) is 18. The van der Waals surface area contributed by atoms with Crippen LogP contribution in [-0.2, 0) is 33.2 Å². The predicted molar refractivity (Wildman–Crippen MR) is 323 cm³/mol. The van der Waals surface area contributed by atoms with Gasteiger partial charge in [0.1, 0.15) is 73.2 Å². The summed E-state index contributed by atoms with van der Waals surface area (Å²) in [5, 5.41) is 121. The second kappa shape index (κ2) is 48.4. The van der Waals surface area contributed by atoms with Gasteiger partial charge in [0.15, 0.2) is 18.9 Å². The van der Waals surface area contributed by atoms with Crippen LogP contribution in [0.1, 0.15) is 264 Å². The molecule has 17 unspecified atom stereocenters. The van der Waals surface area contributed by atoms with Gasteiger partial charge in [-0.1, -0.05) is 231 Å². The van der Waals surface area contributed by atoms with Crippen molar-refractivity contribution >= 4 is 5.91 Å². The monoisotopic (exact) mass is 1210 g/mol. The minimum Gasteiger partial charge on any atom is -0.394 e. The van der Waals surface area contributed by atoms with E-state index in [4.69, 9.17) is 28.4 Å². The Balaban J connectivity index is 1.45. The van der Waals surface area contributed by atoms with E-state index >= 15 is 0 Å². The Bertz CT molecular complexity index is 1580. The van der Waals surface area contributed by atoms with Crippen molar-refractivity contribution in [2.45, 2.75) is 369 Å². The van der Waals surface area contributed by atoms with Crippen molar-refractivity contribution < 1.29 is 89.4 Å². The summed E-state index contributed by atoms with van der Waals surface area (Å²) in [5.41, 5.74) is 0. The van der Waals surface area contributed by atoms with Crippen molar-refractivity contribution in [2.75, 3.05) is 26.4 Å². The second-order valence-corrected chi connectivity index (χ2v) is 24.6. The number of aliphatic hydroxyl groups is 11. The SMILES string of the molecule is CCCCCCCCCC/C=C\CCCCCCCCCCCC(=O)NC(COC1OC(CO)C(OC2OC(CO)C(OC3OC(CO)C(O)C(O)C3O)C(O)C2O)C(O)C1O)C(O)CCCCCCCCCCCCCCCCCCCC. The van der Waals surface area contributed by atoms with Crippen LogP contribution in [0.3, 0.4) is 0 Å². The van der Waals surface area contributed by atoms with Crippen LogP contribution in [0.2, 0.25) is 0 Å². The number of rotatable bonds is 52. The van der Waals surface area contributed by atoms with Gasteiger partial charge in [0, 0.05) is 6.42 Å².